The second-order valence-corrected chi connectivity index (χ2v) is 6.16. The van der Waals surface area contributed by atoms with Crippen LogP contribution in [0.4, 0.5) is 0 Å². The second-order valence-electron chi connectivity index (χ2n) is 6.16. The third kappa shape index (κ3) is 2.21. The first-order valence-corrected chi connectivity index (χ1v) is 8.19. The first-order valence-electron chi connectivity index (χ1n) is 8.19. The van der Waals surface area contributed by atoms with Crippen molar-refractivity contribution in [2.75, 3.05) is 0 Å². The summed E-state index contributed by atoms with van der Waals surface area (Å²) in [6.45, 7) is 6.72. The monoisotopic (exact) mass is 338 g/mol. The maximum absolute atomic E-state index is 12.4. The minimum absolute atomic E-state index is 0.0714. The molecule has 4 aromatic rings. The van der Waals surface area contributed by atoms with Gasteiger partial charge in [-0.15, -0.1) is 0 Å². The molecule has 0 amide bonds. The molecule has 0 atom stereocenters. The Kier molecular flexibility index (Phi) is 3.34. The second kappa shape index (κ2) is 5.44. The van der Waals surface area contributed by atoms with Crippen LogP contribution in [0.15, 0.2) is 46.5 Å². The molecule has 0 fully saturated rings. The van der Waals surface area contributed by atoms with Gasteiger partial charge in [-0.3, -0.25) is 18.7 Å². The summed E-state index contributed by atoms with van der Waals surface area (Å²) in [5, 5.41) is 0. The zero-order valence-corrected chi connectivity index (χ0v) is 14.2. The van der Waals surface area contributed by atoms with Gasteiger partial charge in [0.15, 0.2) is 5.65 Å². The van der Waals surface area contributed by atoms with E-state index in [0.717, 1.165) is 0 Å². The van der Waals surface area contributed by atoms with Crippen LogP contribution in [0, 0.1) is 0 Å². The highest BCUT2D eigenvalue weighted by Crippen LogP contribution is 2.21. The lowest BCUT2D eigenvalue weighted by atomic mass is 10.2. The highest BCUT2D eigenvalue weighted by Gasteiger charge is 2.17. The van der Waals surface area contributed by atoms with Crippen LogP contribution in [0.3, 0.4) is 0 Å². The molecule has 25 heavy (non-hydrogen) atoms. The fourth-order valence-electron chi connectivity index (χ4n) is 3.14. The van der Waals surface area contributed by atoms with Gasteiger partial charge >= 0.3 is 0 Å². The molecule has 0 saturated heterocycles. The molecule has 0 radical (unpaired) electrons. The highest BCUT2D eigenvalue weighted by atomic mass is 16.1. The van der Waals surface area contributed by atoms with Crippen molar-refractivity contribution < 1.29 is 0 Å². The Bertz CT molecular complexity index is 1210. The first-order chi connectivity index (χ1) is 12.0. The van der Waals surface area contributed by atoms with Crippen LogP contribution < -0.4 is 11.0 Å². The van der Waals surface area contributed by atoms with E-state index < -0.39 is 0 Å². The summed E-state index contributed by atoms with van der Waals surface area (Å²) in [5.74, 6) is 0.554. The van der Waals surface area contributed by atoms with E-state index in [4.69, 9.17) is 0 Å². The number of aromatic nitrogens is 6. The van der Waals surface area contributed by atoms with E-state index in [1.807, 2.05) is 30.0 Å². The topological polar surface area (TPSA) is 78.6 Å². The molecule has 4 rings (SSSR count). The van der Waals surface area contributed by atoms with Gasteiger partial charge in [-0.05, 0) is 20.8 Å². The molecule has 4 heterocycles. The van der Waals surface area contributed by atoms with E-state index >= 15 is 0 Å². The Morgan fingerprint density at radius 2 is 2.00 bits per heavy atom. The van der Waals surface area contributed by atoms with Crippen molar-refractivity contribution in [2.45, 2.75) is 33.4 Å². The van der Waals surface area contributed by atoms with Crippen LogP contribution >= 0.6 is 0 Å². The lowest BCUT2D eigenvalue weighted by molar-refractivity contribution is 0.500. The predicted molar refractivity (Wildman–Crippen MR) is 94.0 cm³/mol. The Balaban J connectivity index is 2.10. The molecule has 0 bridgehead atoms. The van der Waals surface area contributed by atoms with Gasteiger partial charge in [0, 0.05) is 49.5 Å². The quantitative estimate of drug-likeness (QED) is 0.568. The van der Waals surface area contributed by atoms with E-state index in [1.165, 1.54) is 16.5 Å². The van der Waals surface area contributed by atoms with Crippen molar-refractivity contribution in [1.82, 2.24) is 28.1 Å². The summed E-state index contributed by atoms with van der Waals surface area (Å²) in [6, 6.07) is 3.11. The van der Waals surface area contributed by atoms with Crippen molar-refractivity contribution in [3.05, 3.63) is 57.5 Å². The van der Waals surface area contributed by atoms with Crippen LogP contribution in [-0.2, 0) is 6.54 Å². The first kappa shape index (κ1) is 15.4. The van der Waals surface area contributed by atoms with Gasteiger partial charge in [0.1, 0.15) is 5.69 Å². The smallest absolute Gasteiger partial charge is 0.258 e. The van der Waals surface area contributed by atoms with Crippen LogP contribution in [0.5, 0.6) is 0 Å². The predicted octanol–water partition coefficient (Wildman–Crippen LogP) is 1.57. The lowest BCUT2D eigenvalue weighted by Crippen LogP contribution is -2.20. The van der Waals surface area contributed by atoms with E-state index in [9.17, 15) is 9.59 Å². The Hall–Kier alpha value is -3.16. The molecule has 0 aromatic carbocycles. The van der Waals surface area contributed by atoms with Crippen molar-refractivity contribution in [3.8, 4) is 11.4 Å². The van der Waals surface area contributed by atoms with Gasteiger partial charge in [0.05, 0.1) is 5.69 Å². The standard InChI is InChI=1S/C17H18N6O2/c1-4-20-7-5-15(25)21-10-12(19-17(20)21)13-9-14(24)16-18-6-8-22(16)23(13)11(2)3/h5-11H,4H2,1-3H3. The number of nitrogens with zero attached hydrogens (tertiary/aromatic N) is 6. The lowest BCUT2D eigenvalue weighted by Gasteiger charge is -2.18. The Morgan fingerprint density at radius 1 is 1.20 bits per heavy atom. The third-order valence-corrected chi connectivity index (χ3v) is 4.26. The molecule has 0 N–H and O–H groups in total. The number of rotatable bonds is 3. The van der Waals surface area contributed by atoms with Crippen molar-refractivity contribution in [2.24, 2.45) is 0 Å². The Morgan fingerprint density at radius 3 is 2.72 bits per heavy atom. The van der Waals surface area contributed by atoms with Crippen molar-refractivity contribution >= 4 is 11.4 Å². The summed E-state index contributed by atoms with van der Waals surface area (Å²) < 4.78 is 7.08. The van der Waals surface area contributed by atoms with E-state index in [2.05, 4.69) is 9.97 Å². The van der Waals surface area contributed by atoms with Crippen LogP contribution in [0.1, 0.15) is 26.8 Å². The summed E-state index contributed by atoms with van der Waals surface area (Å²) in [5.41, 5.74) is 1.26. The summed E-state index contributed by atoms with van der Waals surface area (Å²) >= 11 is 0. The normalized spacial score (nSPS) is 11.8. The van der Waals surface area contributed by atoms with Crippen LogP contribution in [-0.4, -0.2) is 28.1 Å². The third-order valence-electron chi connectivity index (χ3n) is 4.26. The zero-order valence-electron chi connectivity index (χ0n) is 14.2. The number of aryl methyl sites for hydroxylation is 1. The zero-order chi connectivity index (χ0) is 17.7. The highest BCUT2D eigenvalue weighted by molar-refractivity contribution is 5.59. The number of hydrogen-bond acceptors (Lipinski definition) is 4. The molecule has 128 valence electrons. The molecule has 0 spiro atoms. The summed E-state index contributed by atoms with van der Waals surface area (Å²) in [4.78, 5) is 33.3. The Labute approximate surface area is 142 Å². The number of hydrogen-bond donors (Lipinski definition) is 0. The summed E-state index contributed by atoms with van der Waals surface area (Å²) in [7, 11) is 0. The molecule has 4 aromatic heterocycles. The van der Waals surface area contributed by atoms with Gasteiger partial charge in [0.2, 0.25) is 11.2 Å². The molecular formula is C17H18N6O2. The molecule has 0 unspecified atom stereocenters. The molecule has 0 aliphatic rings. The van der Waals surface area contributed by atoms with Crippen molar-refractivity contribution in [3.63, 3.8) is 0 Å². The van der Waals surface area contributed by atoms with Crippen LogP contribution in [0.2, 0.25) is 0 Å². The van der Waals surface area contributed by atoms with E-state index in [0.29, 0.717) is 29.4 Å². The minimum Gasteiger partial charge on any atom is -0.318 e. The van der Waals surface area contributed by atoms with Gasteiger partial charge in [-0.1, -0.05) is 0 Å². The minimum atomic E-state index is -0.181. The van der Waals surface area contributed by atoms with Gasteiger partial charge in [0.25, 0.3) is 5.56 Å². The van der Waals surface area contributed by atoms with Gasteiger partial charge in [-0.2, -0.15) is 0 Å². The fourth-order valence-corrected chi connectivity index (χ4v) is 3.14. The largest absolute Gasteiger partial charge is 0.318 e. The molecular weight excluding hydrogens is 320 g/mol. The maximum Gasteiger partial charge on any atom is 0.258 e. The van der Waals surface area contributed by atoms with Gasteiger partial charge < -0.3 is 4.57 Å². The van der Waals surface area contributed by atoms with E-state index in [-0.39, 0.29) is 17.0 Å². The molecule has 0 saturated carbocycles. The molecule has 8 heteroatoms. The van der Waals surface area contributed by atoms with Crippen molar-refractivity contribution in [1.29, 1.82) is 0 Å². The molecule has 0 aliphatic heterocycles. The number of fused-ring (bicyclic) bond motifs is 2. The van der Waals surface area contributed by atoms with Gasteiger partial charge in [-0.25, -0.2) is 14.5 Å². The average Bonchev–Trinajstić information content (AvgIpc) is 3.22. The maximum atomic E-state index is 12.4. The molecule has 0 aliphatic carbocycles. The SMILES string of the molecule is CCn1ccc(=O)n2cc(-c3cc(=O)c4nccn4n3C(C)C)nc12. The average molecular weight is 338 g/mol. The number of imidazole rings is 2. The summed E-state index contributed by atoms with van der Waals surface area (Å²) in [6.07, 6.45) is 6.76. The van der Waals surface area contributed by atoms with E-state index in [1.54, 1.807) is 29.3 Å². The fraction of sp³-hybridized carbons (Fsp3) is 0.294. The van der Waals surface area contributed by atoms with Crippen LogP contribution in [0.25, 0.3) is 22.8 Å². The molecule has 8 nitrogen and oxygen atoms in total.